The van der Waals surface area contributed by atoms with Gasteiger partial charge in [-0.05, 0) is 45.9 Å². The summed E-state index contributed by atoms with van der Waals surface area (Å²) in [7, 11) is 1.45. The van der Waals surface area contributed by atoms with Crippen LogP contribution in [0.25, 0.3) is 10.8 Å². The predicted molar refractivity (Wildman–Crippen MR) is 213 cm³/mol. The maximum Gasteiger partial charge on any atom is 0.312 e. The zero-order chi connectivity index (χ0) is 42.1. The lowest BCUT2D eigenvalue weighted by Gasteiger charge is -2.38. The third-order valence-electron chi connectivity index (χ3n) is 11.9. The number of hydrogen-bond acceptors (Lipinski definition) is 13. The van der Waals surface area contributed by atoms with Gasteiger partial charge in [0.05, 0.1) is 41.2 Å². The highest BCUT2D eigenvalue weighted by Crippen LogP contribution is 2.55. The Morgan fingerprint density at radius 1 is 0.930 bits per heavy atom. The molecule has 4 aliphatic rings. The number of piperidine rings is 1. The predicted octanol–water partition coefficient (Wildman–Crippen LogP) is 5.74. The zero-order valence-electron chi connectivity index (χ0n) is 34.3. The first-order valence-electron chi connectivity index (χ1n) is 19.6. The van der Waals surface area contributed by atoms with E-state index in [2.05, 4.69) is 10.2 Å². The third-order valence-corrected chi connectivity index (χ3v) is 11.9. The molecular weight excluding hydrogens is 736 g/mol. The maximum atomic E-state index is 14.4. The number of aliphatic hydroxyl groups is 2. The Bertz CT molecular complexity index is 1970. The molecule has 2 aromatic carbocycles. The number of phenolic OH excluding ortho intramolecular Hbond substituents is 3. The Morgan fingerprint density at radius 3 is 2.23 bits per heavy atom. The molecular formula is C43H58N2O12. The monoisotopic (exact) mass is 794 g/mol. The minimum atomic E-state index is -2.00. The van der Waals surface area contributed by atoms with E-state index in [1.54, 1.807) is 46.8 Å². The number of rotatable bonds is 4. The average molecular weight is 795 g/mol. The molecule has 0 radical (unpaired) electrons. The molecule has 6 rings (SSSR count). The number of aromatic hydroxyl groups is 3. The van der Waals surface area contributed by atoms with Crippen molar-refractivity contribution in [3.63, 3.8) is 0 Å². The highest BCUT2D eigenvalue weighted by atomic mass is 16.7. The number of carbonyl (C=O) groups is 3. The number of Topliss-reactive ketones (excluding diaryl/α,β-unsaturated/α-hetero) is 1. The van der Waals surface area contributed by atoms with E-state index < -0.39 is 88.8 Å². The molecule has 2 aromatic rings. The number of amides is 1. The van der Waals surface area contributed by atoms with E-state index in [0.29, 0.717) is 13.1 Å². The van der Waals surface area contributed by atoms with Gasteiger partial charge in [0, 0.05) is 73.3 Å². The molecule has 4 aliphatic heterocycles. The number of methoxy groups -OCH3 is 1. The molecule has 1 saturated heterocycles. The zero-order valence-corrected chi connectivity index (χ0v) is 34.3. The molecule has 0 aliphatic carbocycles. The largest absolute Gasteiger partial charge is 0.507 e. The number of ketones is 1. The summed E-state index contributed by atoms with van der Waals surface area (Å²) >= 11 is 0. The van der Waals surface area contributed by atoms with Crippen LogP contribution in [-0.4, -0.2) is 98.5 Å². The molecule has 4 heterocycles. The Hall–Kier alpha value is -4.63. The van der Waals surface area contributed by atoms with Gasteiger partial charge in [0.25, 0.3) is 11.7 Å². The number of likely N-dealkylation sites (tertiary alicyclic amines) is 1. The average Bonchev–Trinajstić information content (AvgIpc) is 3.44. The van der Waals surface area contributed by atoms with Crippen LogP contribution in [0.3, 0.4) is 0 Å². The van der Waals surface area contributed by atoms with Crippen LogP contribution < -0.4 is 10.1 Å². The van der Waals surface area contributed by atoms with Crippen molar-refractivity contribution in [2.45, 2.75) is 111 Å². The quantitative estimate of drug-likeness (QED) is 0.124. The van der Waals surface area contributed by atoms with E-state index in [4.69, 9.17) is 18.9 Å². The van der Waals surface area contributed by atoms with Crippen molar-refractivity contribution < 1.29 is 58.9 Å². The van der Waals surface area contributed by atoms with Crippen LogP contribution in [0.5, 0.6) is 23.0 Å². The lowest BCUT2D eigenvalue weighted by atomic mass is 9.78. The molecule has 1 amide bonds. The van der Waals surface area contributed by atoms with E-state index in [0.717, 1.165) is 19.3 Å². The Kier molecular flexibility index (Phi) is 13.3. The van der Waals surface area contributed by atoms with Crippen LogP contribution in [0.4, 0.5) is 5.69 Å². The number of anilines is 1. The fraction of sp³-hybridized carbons (Fsp3) is 0.558. The van der Waals surface area contributed by atoms with Gasteiger partial charge in [-0.25, -0.2) is 0 Å². The number of hydrogen-bond donors (Lipinski definition) is 6. The molecule has 312 valence electrons. The number of nitrogens with one attached hydrogen (secondary N) is 1. The smallest absolute Gasteiger partial charge is 0.312 e. The van der Waals surface area contributed by atoms with Gasteiger partial charge >= 0.3 is 11.8 Å². The van der Waals surface area contributed by atoms with Gasteiger partial charge in [0.15, 0.2) is 5.75 Å². The normalized spacial score (nSPS) is 32.6. The first-order valence-corrected chi connectivity index (χ1v) is 19.6. The van der Waals surface area contributed by atoms with Gasteiger partial charge in [-0.1, -0.05) is 52.3 Å². The number of benzene rings is 2. The summed E-state index contributed by atoms with van der Waals surface area (Å²) in [6.45, 7) is 14.2. The SMILES string of the molecule is CO[C@H]1/C=C\O[C@@]2(C)Oc3c(C)c(O)c4c(O)c(c(CN5CCCCC5)c(O)c4c3C2=O)NC(=O)/C(C)=C\C=C/[C@H](C)[C@H](O)[C@@H](C)[C@@H](O)[C@@H](C)[C@H](OC(C)=O)[C@@H]1C. The van der Waals surface area contributed by atoms with E-state index in [-0.39, 0.29) is 51.0 Å². The Balaban J connectivity index is 1.70. The summed E-state index contributed by atoms with van der Waals surface area (Å²) in [5, 5.41) is 60.8. The van der Waals surface area contributed by atoms with Crippen LogP contribution in [-0.2, 0) is 30.3 Å². The number of nitrogens with zero attached hydrogens (tertiary/aromatic N) is 1. The number of ether oxygens (including phenoxy) is 4. The van der Waals surface area contributed by atoms with E-state index in [1.807, 2.05) is 0 Å². The third kappa shape index (κ3) is 8.50. The van der Waals surface area contributed by atoms with Crippen LogP contribution in [0.15, 0.2) is 36.1 Å². The summed E-state index contributed by atoms with van der Waals surface area (Å²) < 4.78 is 23.6. The van der Waals surface area contributed by atoms with E-state index in [9.17, 15) is 39.9 Å². The van der Waals surface area contributed by atoms with Crippen molar-refractivity contribution in [1.82, 2.24) is 4.90 Å². The van der Waals surface area contributed by atoms with Crippen molar-refractivity contribution in [3.8, 4) is 23.0 Å². The number of fused-ring (bicyclic) bond motifs is 14. The molecule has 0 aromatic heterocycles. The standard InChI is InChI=1S/C43H58N2O12/c1-21-14-13-15-22(2)42(53)44-33-28(20-45-17-11-10-12-18-45)37(50)30-31(38(33)51)36(49)26(6)40-32(30)41(52)43(8,57-40)55-19-16-29(54-9)23(3)39(56-27(7)46)25(5)35(48)24(4)34(21)47/h13-16,19,21,23-25,29,34-35,39,47-51H,10-12,17-18,20H2,1-9H3,(H,44,53)/b14-13-,19-16-,22-15-/t21-,23+,24+,25+,29-,34-,35+,39+,43-/m0/s1. The highest BCUT2D eigenvalue weighted by Gasteiger charge is 2.50. The lowest BCUT2D eigenvalue weighted by molar-refractivity contribution is -0.160. The number of phenols is 3. The molecule has 9 atom stereocenters. The van der Waals surface area contributed by atoms with Crippen LogP contribution in [0.2, 0.25) is 0 Å². The second kappa shape index (κ2) is 17.5. The van der Waals surface area contributed by atoms with Crippen molar-refractivity contribution in [3.05, 3.63) is 52.8 Å². The summed E-state index contributed by atoms with van der Waals surface area (Å²) in [6, 6.07) is 0. The molecule has 1 fully saturated rings. The molecule has 0 saturated carbocycles. The highest BCUT2D eigenvalue weighted by molar-refractivity contribution is 6.22. The summed E-state index contributed by atoms with van der Waals surface area (Å²) in [6.07, 6.45) is 6.63. The number of aliphatic hydroxyl groups excluding tert-OH is 2. The molecule has 0 spiro atoms. The minimum absolute atomic E-state index is 0.0488. The summed E-state index contributed by atoms with van der Waals surface area (Å²) in [5.74, 6) is -7.77. The molecule has 57 heavy (non-hydrogen) atoms. The summed E-state index contributed by atoms with van der Waals surface area (Å²) in [4.78, 5) is 42.6. The molecule has 0 unspecified atom stereocenters. The van der Waals surface area contributed by atoms with Crippen LogP contribution >= 0.6 is 0 Å². The first-order chi connectivity index (χ1) is 26.8. The van der Waals surface area contributed by atoms with E-state index in [1.165, 1.54) is 46.3 Å². The van der Waals surface area contributed by atoms with Crippen LogP contribution in [0, 0.1) is 30.6 Å². The summed E-state index contributed by atoms with van der Waals surface area (Å²) in [5.41, 5.74) is 0.236. The number of esters is 1. The second-order valence-electron chi connectivity index (χ2n) is 16.0. The van der Waals surface area contributed by atoms with Crippen molar-refractivity contribution in [2.75, 3.05) is 25.5 Å². The van der Waals surface area contributed by atoms with Crippen molar-refractivity contribution in [2.24, 2.45) is 23.7 Å². The fourth-order valence-electron chi connectivity index (χ4n) is 8.28. The first kappa shape index (κ1) is 43.5. The topological polar surface area (TPSA) is 205 Å². The molecule has 14 heteroatoms. The Labute approximate surface area is 333 Å². The van der Waals surface area contributed by atoms with Crippen molar-refractivity contribution in [1.29, 1.82) is 0 Å². The van der Waals surface area contributed by atoms with Gasteiger partial charge < -0.3 is 49.8 Å². The van der Waals surface area contributed by atoms with Gasteiger partial charge in [0.1, 0.15) is 23.4 Å². The van der Waals surface area contributed by atoms with Gasteiger partial charge in [-0.2, -0.15) is 0 Å². The minimum Gasteiger partial charge on any atom is -0.507 e. The molecule has 5 bridgehead atoms. The van der Waals surface area contributed by atoms with Crippen LogP contribution in [0.1, 0.15) is 89.2 Å². The fourth-order valence-corrected chi connectivity index (χ4v) is 8.28. The number of allylic oxidation sites excluding steroid dienone is 2. The maximum absolute atomic E-state index is 14.4. The van der Waals surface area contributed by atoms with Crippen molar-refractivity contribution >= 4 is 34.1 Å². The number of carbonyl (C=O) groups excluding carboxylic acids is 3. The molecule has 6 N–H and O–H groups in total. The second-order valence-corrected chi connectivity index (χ2v) is 16.0. The molecule has 14 nitrogen and oxygen atoms in total. The van der Waals surface area contributed by atoms with Gasteiger partial charge in [0.2, 0.25) is 0 Å². The Morgan fingerprint density at radius 2 is 1.60 bits per heavy atom. The van der Waals surface area contributed by atoms with E-state index >= 15 is 0 Å². The van der Waals surface area contributed by atoms with Gasteiger partial charge in [-0.3, -0.25) is 19.3 Å². The lowest BCUT2D eigenvalue weighted by Crippen LogP contribution is -2.46. The van der Waals surface area contributed by atoms with Gasteiger partial charge in [-0.15, -0.1) is 0 Å².